The molecule has 156 valence electrons. The van der Waals surface area contributed by atoms with Crippen molar-refractivity contribution in [2.75, 3.05) is 13.1 Å². The highest BCUT2D eigenvalue weighted by Gasteiger charge is 2.31. The number of hydrogen-bond donors (Lipinski definition) is 1. The molecule has 6 nitrogen and oxygen atoms in total. The zero-order valence-electron chi connectivity index (χ0n) is 18.0. The summed E-state index contributed by atoms with van der Waals surface area (Å²) in [5.74, 6) is -0.319. The van der Waals surface area contributed by atoms with Gasteiger partial charge in [-0.1, -0.05) is 20.3 Å². The van der Waals surface area contributed by atoms with Gasteiger partial charge < -0.3 is 15.0 Å². The summed E-state index contributed by atoms with van der Waals surface area (Å²) in [6.07, 6.45) is 4.53. The second-order valence-electron chi connectivity index (χ2n) is 8.89. The van der Waals surface area contributed by atoms with Gasteiger partial charge in [0.05, 0.1) is 6.42 Å². The van der Waals surface area contributed by atoms with Crippen LogP contribution in [0.2, 0.25) is 0 Å². The van der Waals surface area contributed by atoms with Gasteiger partial charge in [0.25, 0.3) is 0 Å². The van der Waals surface area contributed by atoms with Crippen molar-refractivity contribution in [2.45, 2.75) is 97.6 Å². The quantitative estimate of drug-likeness (QED) is 0.653. The van der Waals surface area contributed by atoms with Crippen LogP contribution in [0, 0.1) is 5.92 Å². The molecule has 1 aliphatic heterocycles. The zero-order valence-corrected chi connectivity index (χ0v) is 18.0. The maximum absolute atomic E-state index is 12.6. The van der Waals surface area contributed by atoms with Gasteiger partial charge in [-0.2, -0.15) is 0 Å². The maximum Gasteiger partial charge on any atom is 0.306 e. The monoisotopic (exact) mass is 382 g/mol. The molecule has 0 radical (unpaired) electrons. The molecule has 0 bridgehead atoms. The number of hydrogen-bond acceptors (Lipinski definition) is 4. The van der Waals surface area contributed by atoms with E-state index < -0.39 is 5.60 Å². The number of carbonyl (C=O) groups is 3. The van der Waals surface area contributed by atoms with Crippen molar-refractivity contribution in [1.29, 1.82) is 0 Å². The minimum absolute atomic E-state index is 0.0379. The van der Waals surface area contributed by atoms with Gasteiger partial charge in [0.15, 0.2) is 0 Å². The van der Waals surface area contributed by atoms with Crippen LogP contribution in [0.15, 0.2) is 0 Å². The number of rotatable bonds is 8. The SMILES string of the molecule is CCCC(C)(CC)NC(=O)C1CCN(C(=O)CCC(=O)OC(C)(C)C)CC1. The van der Waals surface area contributed by atoms with Gasteiger partial charge in [0.1, 0.15) is 5.60 Å². The lowest BCUT2D eigenvalue weighted by atomic mass is 9.90. The smallest absolute Gasteiger partial charge is 0.306 e. The van der Waals surface area contributed by atoms with Gasteiger partial charge in [-0.25, -0.2) is 0 Å². The molecule has 0 aromatic carbocycles. The summed E-state index contributed by atoms with van der Waals surface area (Å²) in [6.45, 7) is 12.9. The first-order valence-corrected chi connectivity index (χ1v) is 10.3. The van der Waals surface area contributed by atoms with Gasteiger partial charge in [-0.05, 0) is 53.4 Å². The van der Waals surface area contributed by atoms with E-state index in [9.17, 15) is 14.4 Å². The Morgan fingerprint density at radius 3 is 2.11 bits per heavy atom. The Bertz CT molecular complexity index is 519. The first-order chi connectivity index (χ1) is 12.5. The lowest BCUT2D eigenvalue weighted by Gasteiger charge is -2.35. The molecular formula is C21H38N2O4. The Morgan fingerprint density at radius 2 is 1.63 bits per heavy atom. The molecule has 0 saturated carbocycles. The summed E-state index contributed by atoms with van der Waals surface area (Å²) >= 11 is 0. The van der Waals surface area contributed by atoms with Gasteiger partial charge in [0, 0.05) is 31.0 Å². The summed E-state index contributed by atoms with van der Waals surface area (Å²) in [5.41, 5.74) is -0.678. The minimum Gasteiger partial charge on any atom is -0.460 e. The van der Waals surface area contributed by atoms with E-state index in [1.54, 1.807) is 4.90 Å². The number of esters is 1. The summed E-state index contributed by atoms with van der Waals surface area (Å²) in [7, 11) is 0. The van der Waals surface area contributed by atoms with Crippen molar-refractivity contribution >= 4 is 17.8 Å². The molecule has 1 N–H and O–H groups in total. The summed E-state index contributed by atoms with van der Waals surface area (Å²) in [5, 5.41) is 3.22. The van der Waals surface area contributed by atoms with E-state index in [-0.39, 0.29) is 42.1 Å². The largest absolute Gasteiger partial charge is 0.460 e. The van der Waals surface area contributed by atoms with E-state index in [0.717, 1.165) is 19.3 Å². The van der Waals surface area contributed by atoms with Crippen LogP contribution in [0.1, 0.15) is 86.5 Å². The fourth-order valence-corrected chi connectivity index (χ4v) is 3.43. The standard InChI is InChI=1S/C21H38N2O4/c1-7-13-21(6,8-2)22-19(26)16-11-14-23(15-12-16)17(24)9-10-18(25)27-20(3,4)5/h16H,7-15H2,1-6H3,(H,22,26). The minimum atomic E-state index is -0.531. The third-order valence-corrected chi connectivity index (χ3v) is 5.19. The van der Waals surface area contributed by atoms with Crippen LogP contribution in [-0.4, -0.2) is 46.9 Å². The van der Waals surface area contributed by atoms with E-state index in [1.807, 2.05) is 20.8 Å². The molecule has 0 aromatic heterocycles. The number of amides is 2. The Morgan fingerprint density at radius 1 is 1.04 bits per heavy atom. The van der Waals surface area contributed by atoms with Crippen molar-refractivity contribution in [3.63, 3.8) is 0 Å². The van der Waals surface area contributed by atoms with Gasteiger partial charge in [0.2, 0.25) is 11.8 Å². The second kappa shape index (κ2) is 10.1. The van der Waals surface area contributed by atoms with Gasteiger partial charge in [-0.3, -0.25) is 14.4 Å². The van der Waals surface area contributed by atoms with Crippen LogP contribution in [0.4, 0.5) is 0 Å². The average molecular weight is 383 g/mol. The third-order valence-electron chi connectivity index (χ3n) is 5.19. The van der Waals surface area contributed by atoms with Gasteiger partial charge in [-0.15, -0.1) is 0 Å². The molecule has 0 aliphatic carbocycles. The molecule has 27 heavy (non-hydrogen) atoms. The van der Waals surface area contributed by atoms with Crippen LogP contribution >= 0.6 is 0 Å². The molecule has 1 fully saturated rings. The predicted molar refractivity (Wildman–Crippen MR) is 106 cm³/mol. The van der Waals surface area contributed by atoms with Crippen LogP contribution in [-0.2, 0) is 19.1 Å². The van der Waals surface area contributed by atoms with E-state index in [0.29, 0.717) is 25.9 Å². The molecule has 1 unspecified atom stereocenters. The van der Waals surface area contributed by atoms with E-state index in [2.05, 4.69) is 26.1 Å². The van der Waals surface area contributed by atoms with Crippen molar-refractivity contribution in [3.05, 3.63) is 0 Å². The summed E-state index contributed by atoms with van der Waals surface area (Å²) in [4.78, 5) is 38.4. The number of carbonyl (C=O) groups excluding carboxylic acids is 3. The Balaban J connectivity index is 2.41. The number of ether oxygens (including phenoxy) is 1. The molecule has 1 rings (SSSR count). The number of nitrogens with zero attached hydrogens (tertiary/aromatic N) is 1. The number of likely N-dealkylation sites (tertiary alicyclic amines) is 1. The fourth-order valence-electron chi connectivity index (χ4n) is 3.43. The van der Waals surface area contributed by atoms with Crippen LogP contribution in [0.5, 0.6) is 0 Å². The first kappa shape index (κ1) is 23.4. The van der Waals surface area contributed by atoms with Crippen LogP contribution in [0.25, 0.3) is 0 Å². The molecule has 1 aliphatic rings. The highest BCUT2D eigenvalue weighted by atomic mass is 16.6. The normalized spacial score (nSPS) is 17.9. The molecule has 1 saturated heterocycles. The number of piperidine rings is 1. The third kappa shape index (κ3) is 8.31. The van der Waals surface area contributed by atoms with Crippen molar-refractivity contribution in [2.24, 2.45) is 5.92 Å². The molecule has 6 heteroatoms. The molecule has 2 amide bonds. The zero-order chi connectivity index (χ0) is 20.7. The predicted octanol–water partition coefficient (Wildman–Crippen LogP) is 3.43. The van der Waals surface area contributed by atoms with E-state index in [4.69, 9.17) is 4.74 Å². The Hall–Kier alpha value is -1.59. The fraction of sp³-hybridized carbons (Fsp3) is 0.857. The molecule has 0 aromatic rings. The van der Waals surface area contributed by atoms with Crippen LogP contribution in [0.3, 0.4) is 0 Å². The molecule has 1 heterocycles. The highest BCUT2D eigenvalue weighted by molar-refractivity contribution is 5.82. The number of nitrogens with one attached hydrogen (secondary N) is 1. The van der Waals surface area contributed by atoms with Crippen molar-refractivity contribution in [1.82, 2.24) is 10.2 Å². The van der Waals surface area contributed by atoms with Crippen molar-refractivity contribution < 1.29 is 19.1 Å². The van der Waals surface area contributed by atoms with E-state index >= 15 is 0 Å². The molecular weight excluding hydrogens is 344 g/mol. The van der Waals surface area contributed by atoms with Gasteiger partial charge >= 0.3 is 5.97 Å². The molecule has 0 spiro atoms. The summed E-state index contributed by atoms with van der Waals surface area (Å²) < 4.78 is 5.24. The highest BCUT2D eigenvalue weighted by Crippen LogP contribution is 2.22. The van der Waals surface area contributed by atoms with Crippen LogP contribution < -0.4 is 5.32 Å². The Labute approximate surface area is 164 Å². The lowest BCUT2D eigenvalue weighted by Crippen LogP contribution is -2.50. The maximum atomic E-state index is 12.6. The van der Waals surface area contributed by atoms with Crippen molar-refractivity contribution in [3.8, 4) is 0 Å². The lowest BCUT2D eigenvalue weighted by molar-refractivity contribution is -0.156. The average Bonchev–Trinajstić information content (AvgIpc) is 2.58. The topological polar surface area (TPSA) is 75.7 Å². The second-order valence-corrected chi connectivity index (χ2v) is 8.89. The molecule has 1 atom stereocenters. The Kier molecular flexibility index (Phi) is 8.76. The van der Waals surface area contributed by atoms with E-state index in [1.165, 1.54) is 0 Å². The first-order valence-electron chi connectivity index (χ1n) is 10.3. The summed E-state index contributed by atoms with van der Waals surface area (Å²) in [6, 6.07) is 0.